The van der Waals surface area contributed by atoms with Crippen molar-refractivity contribution >= 4 is 16.7 Å². The molecule has 136 valence electrons. The van der Waals surface area contributed by atoms with E-state index in [4.69, 9.17) is 0 Å². The highest BCUT2D eigenvalue weighted by Gasteiger charge is 2.37. The number of benzene rings is 2. The van der Waals surface area contributed by atoms with E-state index >= 15 is 0 Å². The van der Waals surface area contributed by atoms with Crippen LogP contribution >= 0.6 is 0 Å². The molecular formula is C22H32N2O. The molecular weight excluding hydrogens is 308 g/mol. The number of likely N-dealkylation sites (N-methyl/N-ethyl adjacent to an activating group) is 1. The number of rotatable bonds is 5. The zero-order chi connectivity index (χ0) is 18.8. The first kappa shape index (κ1) is 19.5. The van der Waals surface area contributed by atoms with Crippen LogP contribution in [-0.4, -0.2) is 25.0 Å². The van der Waals surface area contributed by atoms with Crippen LogP contribution in [0.15, 0.2) is 42.5 Å². The Hall–Kier alpha value is -1.87. The van der Waals surface area contributed by atoms with Gasteiger partial charge in [0.2, 0.25) is 5.91 Å². The third-order valence-electron chi connectivity index (χ3n) is 5.42. The Kier molecular flexibility index (Phi) is 5.58. The molecule has 3 heteroatoms. The summed E-state index contributed by atoms with van der Waals surface area (Å²) >= 11 is 0. The number of carbonyl (C=O) groups is 1. The molecule has 0 aromatic heterocycles. The second kappa shape index (κ2) is 7.17. The predicted molar refractivity (Wildman–Crippen MR) is 107 cm³/mol. The van der Waals surface area contributed by atoms with Crippen LogP contribution in [-0.2, 0) is 10.2 Å². The Bertz CT molecular complexity index is 743. The van der Waals surface area contributed by atoms with Gasteiger partial charge in [-0.25, -0.2) is 0 Å². The van der Waals surface area contributed by atoms with Gasteiger partial charge in [-0.1, -0.05) is 77.1 Å². The molecule has 0 spiro atoms. The highest BCUT2D eigenvalue weighted by Crippen LogP contribution is 2.30. The van der Waals surface area contributed by atoms with Crippen molar-refractivity contribution < 1.29 is 4.79 Å². The Morgan fingerprint density at radius 3 is 2.12 bits per heavy atom. The Morgan fingerprint density at radius 2 is 1.56 bits per heavy atom. The van der Waals surface area contributed by atoms with Crippen LogP contribution in [0.4, 0.5) is 0 Å². The number of fused-ring (bicyclic) bond motifs is 1. The van der Waals surface area contributed by atoms with E-state index in [-0.39, 0.29) is 28.8 Å². The quantitative estimate of drug-likeness (QED) is 0.854. The van der Waals surface area contributed by atoms with Crippen molar-refractivity contribution in [1.82, 2.24) is 10.6 Å². The largest absolute Gasteiger partial charge is 0.352 e. The van der Waals surface area contributed by atoms with E-state index in [0.29, 0.717) is 0 Å². The van der Waals surface area contributed by atoms with E-state index < -0.39 is 0 Å². The molecule has 0 heterocycles. The molecule has 0 saturated carbocycles. The summed E-state index contributed by atoms with van der Waals surface area (Å²) in [5.74, 6) is 0.0445. The number of hydrogen-bond donors (Lipinski definition) is 2. The van der Waals surface area contributed by atoms with Crippen molar-refractivity contribution in [3.63, 3.8) is 0 Å². The molecule has 2 aromatic rings. The van der Waals surface area contributed by atoms with Gasteiger partial charge in [-0.3, -0.25) is 4.79 Å². The van der Waals surface area contributed by atoms with E-state index in [0.717, 1.165) is 5.56 Å². The fraction of sp³-hybridized carbons (Fsp3) is 0.500. The predicted octanol–water partition coefficient (Wildman–Crippen LogP) is 4.26. The second-order valence-electron chi connectivity index (χ2n) is 8.60. The standard InChI is InChI=1S/C22H32N2O/c1-15(21(2,3)4)24-20(25)19(23-7)22(5,6)18-13-12-16-10-8-9-11-17(16)14-18/h8-15,19,23H,1-7H3,(H,24,25). The molecule has 0 saturated heterocycles. The van der Waals surface area contributed by atoms with Gasteiger partial charge in [0, 0.05) is 11.5 Å². The molecule has 0 aliphatic heterocycles. The maximum atomic E-state index is 12.9. The smallest absolute Gasteiger partial charge is 0.238 e. The number of hydrogen-bond acceptors (Lipinski definition) is 2. The molecule has 2 unspecified atom stereocenters. The Morgan fingerprint density at radius 1 is 0.960 bits per heavy atom. The van der Waals surface area contributed by atoms with Crippen molar-refractivity contribution in [3.05, 3.63) is 48.0 Å². The van der Waals surface area contributed by atoms with Gasteiger partial charge in [0.1, 0.15) is 0 Å². The van der Waals surface area contributed by atoms with Crippen molar-refractivity contribution in [1.29, 1.82) is 0 Å². The molecule has 0 aliphatic carbocycles. The van der Waals surface area contributed by atoms with Crippen LogP contribution in [0.2, 0.25) is 0 Å². The van der Waals surface area contributed by atoms with Crippen LogP contribution in [0.1, 0.15) is 47.1 Å². The van der Waals surface area contributed by atoms with Gasteiger partial charge in [-0.15, -0.1) is 0 Å². The molecule has 1 amide bonds. The van der Waals surface area contributed by atoms with Gasteiger partial charge < -0.3 is 10.6 Å². The van der Waals surface area contributed by atoms with E-state index in [1.54, 1.807) is 0 Å². The molecule has 0 bridgehead atoms. The van der Waals surface area contributed by atoms with Crippen LogP contribution in [0.5, 0.6) is 0 Å². The van der Waals surface area contributed by atoms with Crippen molar-refractivity contribution in [2.24, 2.45) is 5.41 Å². The van der Waals surface area contributed by atoms with Crippen LogP contribution in [0.25, 0.3) is 10.8 Å². The third-order valence-corrected chi connectivity index (χ3v) is 5.42. The van der Waals surface area contributed by atoms with Gasteiger partial charge in [0.15, 0.2) is 0 Å². The third kappa shape index (κ3) is 4.21. The van der Waals surface area contributed by atoms with Gasteiger partial charge in [-0.2, -0.15) is 0 Å². The average molecular weight is 341 g/mol. The first-order valence-electron chi connectivity index (χ1n) is 9.04. The van der Waals surface area contributed by atoms with E-state index in [1.165, 1.54) is 10.8 Å². The van der Waals surface area contributed by atoms with Crippen molar-refractivity contribution in [3.8, 4) is 0 Å². The summed E-state index contributed by atoms with van der Waals surface area (Å²) in [6.07, 6.45) is 0. The number of carbonyl (C=O) groups excluding carboxylic acids is 1. The summed E-state index contributed by atoms with van der Waals surface area (Å²) in [7, 11) is 1.86. The van der Waals surface area contributed by atoms with Gasteiger partial charge in [0.05, 0.1) is 6.04 Å². The lowest BCUT2D eigenvalue weighted by Crippen LogP contribution is -2.56. The van der Waals surface area contributed by atoms with Gasteiger partial charge in [0.25, 0.3) is 0 Å². The summed E-state index contributed by atoms with van der Waals surface area (Å²) in [6.45, 7) is 12.7. The summed E-state index contributed by atoms with van der Waals surface area (Å²) in [4.78, 5) is 12.9. The molecule has 2 rings (SSSR count). The zero-order valence-electron chi connectivity index (χ0n) is 16.6. The molecule has 3 nitrogen and oxygen atoms in total. The zero-order valence-corrected chi connectivity index (χ0v) is 16.6. The van der Waals surface area contributed by atoms with Gasteiger partial charge >= 0.3 is 0 Å². The summed E-state index contributed by atoms with van der Waals surface area (Å²) in [5.41, 5.74) is 0.853. The lowest BCUT2D eigenvalue weighted by molar-refractivity contribution is -0.125. The lowest BCUT2D eigenvalue weighted by atomic mass is 9.76. The SMILES string of the molecule is CNC(C(=O)NC(C)C(C)(C)C)C(C)(C)c1ccc2ccccc2c1. The van der Waals surface area contributed by atoms with Crippen molar-refractivity contribution in [2.45, 2.75) is 59.0 Å². The molecule has 2 atom stereocenters. The topological polar surface area (TPSA) is 41.1 Å². The molecule has 25 heavy (non-hydrogen) atoms. The summed E-state index contributed by atoms with van der Waals surface area (Å²) in [5, 5.41) is 8.83. The maximum absolute atomic E-state index is 12.9. The maximum Gasteiger partial charge on any atom is 0.238 e. The molecule has 0 radical (unpaired) electrons. The molecule has 0 fully saturated rings. The Balaban J connectivity index is 2.31. The van der Waals surface area contributed by atoms with Crippen LogP contribution in [0.3, 0.4) is 0 Å². The number of nitrogens with one attached hydrogen (secondary N) is 2. The fourth-order valence-electron chi connectivity index (χ4n) is 3.09. The molecule has 2 aromatic carbocycles. The van der Waals surface area contributed by atoms with Crippen LogP contribution in [0, 0.1) is 5.41 Å². The fourth-order valence-corrected chi connectivity index (χ4v) is 3.09. The number of amides is 1. The lowest BCUT2D eigenvalue weighted by Gasteiger charge is -2.36. The normalized spacial score (nSPS) is 15.0. The molecule has 2 N–H and O–H groups in total. The second-order valence-corrected chi connectivity index (χ2v) is 8.60. The van der Waals surface area contributed by atoms with E-state index in [9.17, 15) is 4.79 Å². The van der Waals surface area contributed by atoms with E-state index in [1.807, 2.05) is 19.2 Å². The van der Waals surface area contributed by atoms with Gasteiger partial charge in [-0.05, 0) is 35.7 Å². The van der Waals surface area contributed by atoms with E-state index in [2.05, 4.69) is 82.5 Å². The summed E-state index contributed by atoms with van der Waals surface area (Å²) in [6, 6.07) is 14.6. The minimum absolute atomic E-state index is 0.0288. The first-order valence-corrected chi connectivity index (χ1v) is 9.04. The minimum Gasteiger partial charge on any atom is -0.352 e. The molecule has 0 aliphatic rings. The van der Waals surface area contributed by atoms with Crippen molar-refractivity contribution in [2.75, 3.05) is 7.05 Å². The summed E-state index contributed by atoms with van der Waals surface area (Å²) < 4.78 is 0. The monoisotopic (exact) mass is 340 g/mol. The Labute approximate surface area is 152 Å². The highest BCUT2D eigenvalue weighted by atomic mass is 16.2. The highest BCUT2D eigenvalue weighted by molar-refractivity contribution is 5.86. The minimum atomic E-state index is -0.333. The van der Waals surface area contributed by atoms with Crippen LogP contribution < -0.4 is 10.6 Å². The average Bonchev–Trinajstić information content (AvgIpc) is 2.53. The first-order chi connectivity index (χ1) is 11.6.